The summed E-state index contributed by atoms with van der Waals surface area (Å²) in [6, 6.07) is 2.88. The van der Waals surface area contributed by atoms with Gasteiger partial charge in [0.1, 0.15) is 0 Å². The Labute approximate surface area is 98.2 Å². The van der Waals surface area contributed by atoms with Gasteiger partial charge in [0, 0.05) is 26.3 Å². The van der Waals surface area contributed by atoms with Gasteiger partial charge in [-0.1, -0.05) is 6.42 Å². The van der Waals surface area contributed by atoms with Crippen molar-refractivity contribution in [3.63, 3.8) is 0 Å². The van der Waals surface area contributed by atoms with Crippen LogP contribution in [-0.4, -0.2) is 26.3 Å². The molecule has 2 saturated carbocycles. The first-order chi connectivity index (χ1) is 7.79. The van der Waals surface area contributed by atoms with E-state index in [1.807, 2.05) is 0 Å². The first kappa shape index (κ1) is 11.9. The molecule has 2 aliphatic carbocycles. The van der Waals surface area contributed by atoms with Gasteiger partial charge < -0.3 is 10.1 Å². The summed E-state index contributed by atoms with van der Waals surface area (Å²) in [5.41, 5.74) is 0.499. The van der Waals surface area contributed by atoms with Crippen molar-refractivity contribution in [2.24, 2.45) is 11.3 Å². The third-order valence-electron chi connectivity index (χ3n) is 4.21. The Hall–Kier alpha value is -0.590. The summed E-state index contributed by atoms with van der Waals surface area (Å²) in [6.45, 7) is 1.95. The molecule has 0 spiro atoms. The highest BCUT2D eigenvalue weighted by atomic mass is 16.5. The largest absolute Gasteiger partial charge is 0.385 e. The molecule has 1 N–H and O–H groups in total. The van der Waals surface area contributed by atoms with Crippen molar-refractivity contribution >= 4 is 0 Å². The molecule has 0 aromatic heterocycles. The lowest BCUT2D eigenvalue weighted by Gasteiger charge is -2.21. The highest BCUT2D eigenvalue weighted by Crippen LogP contribution is 2.48. The molecular formula is C13H22N2O. The quantitative estimate of drug-likeness (QED) is 0.748. The van der Waals surface area contributed by atoms with E-state index in [9.17, 15) is 0 Å². The minimum Gasteiger partial charge on any atom is -0.385 e. The molecule has 2 fully saturated rings. The molecule has 0 aromatic rings. The number of nitrogens with one attached hydrogen (secondary N) is 1. The summed E-state index contributed by atoms with van der Waals surface area (Å²) in [6.07, 6.45) is 7.29. The minimum atomic E-state index is 0.248. The van der Waals surface area contributed by atoms with E-state index in [0.29, 0.717) is 11.5 Å². The monoisotopic (exact) mass is 222 g/mol. The van der Waals surface area contributed by atoms with E-state index in [4.69, 9.17) is 10.00 Å². The van der Waals surface area contributed by atoms with Crippen LogP contribution < -0.4 is 5.32 Å². The molecular weight excluding hydrogens is 200 g/mol. The van der Waals surface area contributed by atoms with Gasteiger partial charge >= 0.3 is 0 Å². The van der Waals surface area contributed by atoms with Gasteiger partial charge in [-0.3, -0.25) is 0 Å². The standard InChI is InChI=1S/C13H22N2O/c1-16-8-7-13(5-6-13)10-15-12-4-2-3-11(12)9-14/h11-12,15H,2-8,10H2,1H3. The average Bonchev–Trinajstić information content (AvgIpc) is 2.93. The molecule has 16 heavy (non-hydrogen) atoms. The molecule has 3 nitrogen and oxygen atoms in total. The van der Waals surface area contributed by atoms with E-state index in [1.54, 1.807) is 7.11 Å². The lowest BCUT2D eigenvalue weighted by molar-refractivity contribution is 0.169. The lowest BCUT2D eigenvalue weighted by Crippen LogP contribution is -2.36. The van der Waals surface area contributed by atoms with Crippen molar-refractivity contribution < 1.29 is 4.74 Å². The topological polar surface area (TPSA) is 45.0 Å². The van der Waals surface area contributed by atoms with Gasteiger partial charge in [-0.15, -0.1) is 0 Å². The number of rotatable bonds is 6. The highest BCUT2D eigenvalue weighted by Gasteiger charge is 2.42. The van der Waals surface area contributed by atoms with Gasteiger partial charge in [0.2, 0.25) is 0 Å². The third kappa shape index (κ3) is 2.75. The molecule has 0 heterocycles. The second-order valence-corrected chi connectivity index (χ2v) is 5.40. The summed E-state index contributed by atoms with van der Waals surface area (Å²) >= 11 is 0. The van der Waals surface area contributed by atoms with Crippen LogP contribution in [0.5, 0.6) is 0 Å². The van der Waals surface area contributed by atoms with Crippen LogP contribution in [0.3, 0.4) is 0 Å². The predicted molar refractivity (Wildman–Crippen MR) is 62.9 cm³/mol. The second-order valence-electron chi connectivity index (χ2n) is 5.40. The molecule has 2 atom stereocenters. The van der Waals surface area contributed by atoms with Gasteiger partial charge in [-0.2, -0.15) is 5.26 Å². The first-order valence-corrected chi connectivity index (χ1v) is 6.42. The van der Waals surface area contributed by atoms with Crippen LogP contribution in [0.1, 0.15) is 38.5 Å². The molecule has 2 aliphatic rings. The summed E-state index contributed by atoms with van der Waals surface area (Å²) in [7, 11) is 1.77. The molecule has 0 saturated heterocycles. The molecule has 3 heteroatoms. The zero-order valence-electron chi connectivity index (χ0n) is 10.2. The number of hydrogen-bond donors (Lipinski definition) is 1. The van der Waals surface area contributed by atoms with E-state index in [2.05, 4.69) is 11.4 Å². The van der Waals surface area contributed by atoms with Crippen LogP contribution >= 0.6 is 0 Å². The zero-order valence-corrected chi connectivity index (χ0v) is 10.2. The third-order valence-corrected chi connectivity index (χ3v) is 4.21. The summed E-state index contributed by atoms with van der Waals surface area (Å²) in [4.78, 5) is 0. The Morgan fingerprint density at radius 1 is 1.44 bits per heavy atom. The number of methoxy groups -OCH3 is 1. The van der Waals surface area contributed by atoms with Crippen molar-refractivity contribution in [1.82, 2.24) is 5.32 Å². The first-order valence-electron chi connectivity index (χ1n) is 6.42. The number of nitriles is 1. The van der Waals surface area contributed by atoms with Gasteiger partial charge in [-0.25, -0.2) is 0 Å². The number of ether oxygens (including phenoxy) is 1. The van der Waals surface area contributed by atoms with Crippen LogP contribution in [0.4, 0.5) is 0 Å². The average molecular weight is 222 g/mol. The van der Waals surface area contributed by atoms with Gasteiger partial charge in [0.25, 0.3) is 0 Å². The normalized spacial score (nSPS) is 31.2. The van der Waals surface area contributed by atoms with Crippen molar-refractivity contribution in [1.29, 1.82) is 5.26 Å². The van der Waals surface area contributed by atoms with Crippen molar-refractivity contribution in [3.8, 4) is 6.07 Å². The Kier molecular flexibility index (Phi) is 3.83. The summed E-state index contributed by atoms with van der Waals surface area (Å²) in [5, 5.41) is 12.6. The lowest BCUT2D eigenvalue weighted by atomic mass is 10.0. The smallest absolute Gasteiger partial charge is 0.0672 e. The molecule has 0 bridgehead atoms. The van der Waals surface area contributed by atoms with Crippen LogP contribution in [0, 0.1) is 22.7 Å². The molecule has 90 valence electrons. The van der Waals surface area contributed by atoms with E-state index >= 15 is 0 Å². The number of hydrogen-bond acceptors (Lipinski definition) is 3. The van der Waals surface area contributed by atoms with E-state index < -0.39 is 0 Å². The molecule has 0 radical (unpaired) electrons. The van der Waals surface area contributed by atoms with Crippen molar-refractivity contribution in [2.45, 2.75) is 44.6 Å². The summed E-state index contributed by atoms with van der Waals surface area (Å²) < 4.78 is 5.15. The fraction of sp³-hybridized carbons (Fsp3) is 0.923. The zero-order chi connectivity index (χ0) is 11.4. The maximum atomic E-state index is 9.01. The van der Waals surface area contributed by atoms with Crippen LogP contribution in [-0.2, 0) is 4.74 Å². The van der Waals surface area contributed by atoms with E-state index in [-0.39, 0.29) is 5.92 Å². The Balaban J connectivity index is 1.73. The van der Waals surface area contributed by atoms with Gasteiger partial charge in [0.05, 0.1) is 12.0 Å². The Morgan fingerprint density at radius 2 is 2.25 bits per heavy atom. The minimum absolute atomic E-state index is 0.248. The molecule has 0 amide bonds. The number of nitrogens with zero attached hydrogens (tertiary/aromatic N) is 1. The van der Waals surface area contributed by atoms with Crippen molar-refractivity contribution in [2.75, 3.05) is 20.3 Å². The summed E-state index contributed by atoms with van der Waals surface area (Å²) in [5.74, 6) is 0.248. The molecule has 0 aromatic carbocycles. The molecule has 2 rings (SSSR count). The van der Waals surface area contributed by atoms with Crippen molar-refractivity contribution in [3.05, 3.63) is 0 Å². The molecule has 0 aliphatic heterocycles. The Bertz CT molecular complexity index is 268. The highest BCUT2D eigenvalue weighted by molar-refractivity contribution is 5.00. The fourth-order valence-corrected chi connectivity index (χ4v) is 2.72. The SMILES string of the molecule is COCCC1(CNC2CCCC2C#N)CC1. The second kappa shape index (κ2) is 5.16. The van der Waals surface area contributed by atoms with E-state index in [0.717, 1.165) is 19.6 Å². The van der Waals surface area contributed by atoms with E-state index in [1.165, 1.54) is 32.1 Å². The maximum Gasteiger partial charge on any atom is 0.0672 e. The maximum absolute atomic E-state index is 9.01. The van der Waals surface area contributed by atoms with Crippen LogP contribution in [0.15, 0.2) is 0 Å². The van der Waals surface area contributed by atoms with Gasteiger partial charge in [-0.05, 0) is 37.5 Å². The van der Waals surface area contributed by atoms with Gasteiger partial charge in [0.15, 0.2) is 0 Å². The van der Waals surface area contributed by atoms with Crippen LogP contribution in [0.2, 0.25) is 0 Å². The Morgan fingerprint density at radius 3 is 2.88 bits per heavy atom. The molecule has 2 unspecified atom stereocenters. The predicted octanol–water partition coefficient (Wildman–Crippen LogP) is 2.08. The van der Waals surface area contributed by atoms with Crippen LogP contribution in [0.25, 0.3) is 0 Å². The fourth-order valence-electron chi connectivity index (χ4n) is 2.72.